The fraction of sp³-hybridized carbons (Fsp3) is 0.200. The molecule has 1 amide bonds. The zero-order valence-corrected chi connectivity index (χ0v) is 11.9. The fourth-order valence-corrected chi connectivity index (χ4v) is 1.93. The van der Waals surface area contributed by atoms with E-state index in [2.05, 4.69) is 11.9 Å². The molecular formula is C15H17NO2S. The predicted octanol–water partition coefficient (Wildman–Crippen LogP) is 3.65. The Hall–Kier alpha value is -1.81. The van der Waals surface area contributed by atoms with Crippen molar-refractivity contribution in [2.24, 2.45) is 0 Å². The lowest BCUT2D eigenvalue weighted by molar-refractivity contribution is -0.115. The van der Waals surface area contributed by atoms with E-state index in [9.17, 15) is 9.59 Å². The minimum atomic E-state index is -0.191. The van der Waals surface area contributed by atoms with Crippen LogP contribution in [0, 0.1) is 0 Å². The number of amides is 1. The summed E-state index contributed by atoms with van der Waals surface area (Å²) in [6.45, 7) is 6.91. The van der Waals surface area contributed by atoms with Crippen molar-refractivity contribution in [2.45, 2.75) is 19.1 Å². The Morgan fingerprint density at radius 2 is 1.95 bits per heavy atom. The second kappa shape index (κ2) is 7.59. The van der Waals surface area contributed by atoms with Crippen LogP contribution in [0.5, 0.6) is 0 Å². The van der Waals surface area contributed by atoms with Gasteiger partial charge in [0, 0.05) is 11.3 Å². The third-order valence-electron chi connectivity index (χ3n) is 2.43. The highest BCUT2D eigenvalue weighted by Gasteiger charge is 2.12. The van der Waals surface area contributed by atoms with Crippen molar-refractivity contribution in [3.8, 4) is 0 Å². The largest absolute Gasteiger partial charge is 0.325 e. The molecule has 0 radical (unpaired) electrons. The smallest absolute Gasteiger partial charge is 0.237 e. The molecule has 4 heteroatoms. The van der Waals surface area contributed by atoms with E-state index in [-0.39, 0.29) is 16.9 Å². The van der Waals surface area contributed by atoms with Crippen molar-refractivity contribution in [3.63, 3.8) is 0 Å². The van der Waals surface area contributed by atoms with Crippen LogP contribution in [0.25, 0.3) is 0 Å². The quantitative estimate of drug-likeness (QED) is 0.636. The summed E-state index contributed by atoms with van der Waals surface area (Å²) >= 11 is 1.42. The number of carbonyl (C=O) groups excluding carboxylic acids is 2. The summed E-state index contributed by atoms with van der Waals surface area (Å²) in [6, 6.07) is 6.86. The highest BCUT2D eigenvalue weighted by atomic mass is 32.2. The number of Topliss-reactive ketones (excluding diaryl/α,β-unsaturated/α-hetero) is 1. The van der Waals surface area contributed by atoms with Gasteiger partial charge in [-0.05, 0) is 43.5 Å². The molecule has 100 valence electrons. The molecule has 0 saturated carbocycles. The normalized spacial score (nSPS) is 12.1. The first kappa shape index (κ1) is 15.2. The fourth-order valence-electron chi connectivity index (χ4n) is 1.31. The molecule has 0 aliphatic rings. The van der Waals surface area contributed by atoms with Gasteiger partial charge in [0.05, 0.1) is 5.25 Å². The van der Waals surface area contributed by atoms with Gasteiger partial charge in [0.25, 0.3) is 0 Å². The SMILES string of the molecule is C=C/C=C\SC(C)C(=O)Nc1ccc(C(C)=O)cc1. The number of benzene rings is 1. The van der Waals surface area contributed by atoms with E-state index < -0.39 is 0 Å². The Kier molecular flexibility index (Phi) is 6.09. The third kappa shape index (κ3) is 5.14. The second-order valence-corrected chi connectivity index (χ2v) is 5.22. The molecule has 0 spiro atoms. The van der Waals surface area contributed by atoms with Crippen molar-refractivity contribution in [2.75, 3.05) is 5.32 Å². The van der Waals surface area contributed by atoms with Crippen LogP contribution in [0.3, 0.4) is 0 Å². The molecule has 1 aromatic rings. The Labute approximate surface area is 117 Å². The summed E-state index contributed by atoms with van der Waals surface area (Å²) in [7, 11) is 0. The number of allylic oxidation sites excluding steroid dienone is 2. The lowest BCUT2D eigenvalue weighted by Crippen LogP contribution is -2.21. The number of hydrogen-bond acceptors (Lipinski definition) is 3. The monoisotopic (exact) mass is 275 g/mol. The topological polar surface area (TPSA) is 46.2 Å². The second-order valence-electron chi connectivity index (χ2n) is 3.97. The van der Waals surface area contributed by atoms with Gasteiger partial charge < -0.3 is 5.32 Å². The molecule has 1 rings (SSSR count). The highest BCUT2D eigenvalue weighted by Crippen LogP contribution is 2.16. The van der Waals surface area contributed by atoms with Gasteiger partial charge in [0.2, 0.25) is 5.91 Å². The third-order valence-corrected chi connectivity index (χ3v) is 3.36. The van der Waals surface area contributed by atoms with Gasteiger partial charge >= 0.3 is 0 Å². The zero-order valence-electron chi connectivity index (χ0n) is 11.1. The highest BCUT2D eigenvalue weighted by molar-refractivity contribution is 8.03. The lowest BCUT2D eigenvalue weighted by atomic mass is 10.1. The maximum Gasteiger partial charge on any atom is 0.237 e. The van der Waals surface area contributed by atoms with Crippen LogP contribution in [0.2, 0.25) is 0 Å². The lowest BCUT2D eigenvalue weighted by Gasteiger charge is -2.10. The van der Waals surface area contributed by atoms with Crippen LogP contribution in [0.4, 0.5) is 5.69 Å². The van der Waals surface area contributed by atoms with Crippen LogP contribution in [-0.2, 0) is 4.79 Å². The summed E-state index contributed by atoms with van der Waals surface area (Å²) in [5, 5.41) is 4.44. The maximum absolute atomic E-state index is 11.9. The Morgan fingerprint density at radius 3 is 2.47 bits per heavy atom. The molecule has 1 N–H and O–H groups in total. The molecule has 0 aliphatic carbocycles. The van der Waals surface area contributed by atoms with Crippen molar-refractivity contribution in [1.29, 1.82) is 0 Å². The van der Waals surface area contributed by atoms with Crippen LogP contribution < -0.4 is 5.32 Å². The van der Waals surface area contributed by atoms with Crippen LogP contribution in [-0.4, -0.2) is 16.9 Å². The number of hydrogen-bond donors (Lipinski definition) is 1. The molecular weight excluding hydrogens is 258 g/mol. The van der Waals surface area contributed by atoms with Crippen LogP contribution in [0.1, 0.15) is 24.2 Å². The van der Waals surface area contributed by atoms with Gasteiger partial charge in [-0.2, -0.15) is 0 Å². The zero-order chi connectivity index (χ0) is 14.3. The van der Waals surface area contributed by atoms with E-state index in [4.69, 9.17) is 0 Å². The molecule has 0 saturated heterocycles. The standard InChI is InChI=1S/C15H17NO2S/c1-4-5-10-19-12(3)15(18)16-14-8-6-13(7-9-14)11(2)17/h4-10,12H,1H2,2-3H3,(H,16,18)/b10-5-. The van der Waals surface area contributed by atoms with Gasteiger partial charge in [-0.3, -0.25) is 9.59 Å². The minimum Gasteiger partial charge on any atom is -0.325 e. The van der Waals surface area contributed by atoms with Gasteiger partial charge in [-0.1, -0.05) is 18.7 Å². The van der Waals surface area contributed by atoms with Crippen molar-refractivity contribution in [1.82, 2.24) is 0 Å². The molecule has 1 unspecified atom stereocenters. The molecule has 0 aromatic heterocycles. The molecule has 1 aromatic carbocycles. The van der Waals surface area contributed by atoms with Gasteiger partial charge in [-0.25, -0.2) is 0 Å². The average Bonchev–Trinajstić information content (AvgIpc) is 2.39. The van der Waals surface area contributed by atoms with E-state index >= 15 is 0 Å². The molecule has 3 nitrogen and oxygen atoms in total. The van der Waals surface area contributed by atoms with Gasteiger partial charge in [0.1, 0.15) is 0 Å². The molecule has 0 fully saturated rings. The van der Waals surface area contributed by atoms with E-state index in [0.29, 0.717) is 11.3 Å². The first-order valence-electron chi connectivity index (χ1n) is 5.89. The maximum atomic E-state index is 11.9. The van der Waals surface area contributed by atoms with Crippen molar-refractivity contribution in [3.05, 3.63) is 54.0 Å². The van der Waals surface area contributed by atoms with E-state index in [1.807, 2.05) is 12.3 Å². The number of ketones is 1. The van der Waals surface area contributed by atoms with Crippen LogP contribution >= 0.6 is 11.8 Å². The molecule has 1 atom stereocenters. The molecule has 0 heterocycles. The van der Waals surface area contributed by atoms with Crippen molar-refractivity contribution >= 4 is 29.1 Å². The Balaban J connectivity index is 2.58. The molecule has 0 bridgehead atoms. The number of rotatable bonds is 6. The first-order valence-corrected chi connectivity index (χ1v) is 6.83. The summed E-state index contributed by atoms with van der Waals surface area (Å²) in [6.07, 6.45) is 3.45. The molecule has 19 heavy (non-hydrogen) atoms. The van der Waals surface area contributed by atoms with Crippen molar-refractivity contribution < 1.29 is 9.59 Å². The van der Waals surface area contributed by atoms with Crippen LogP contribution in [0.15, 0.2) is 48.4 Å². The minimum absolute atomic E-state index is 0.0105. The Bertz CT molecular complexity index is 491. The van der Waals surface area contributed by atoms with Gasteiger partial charge in [-0.15, -0.1) is 11.8 Å². The van der Waals surface area contributed by atoms with E-state index in [1.165, 1.54) is 18.7 Å². The summed E-state index contributed by atoms with van der Waals surface area (Å²) in [4.78, 5) is 23.0. The number of carbonyl (C=O) groups is 2. The number of thioether (sulfide) groups is 1. The number of anilines is 1. The summed E-state index contributed by atoms with van der Waals surface area (Å²) in [5.41, 5.74) is 1.32. The predicted molar refractivity (Wildman–Crippen MR) is 81.5 cm³/mol. The van der Waals surface area contributed by atoms with E-state index in [1.54, 1.807) is 36.4 Å². The van der Waals surface area contributed by atoms with Gasteiger partial charge in [0.15, 0.2) is 5.78 Å². The Morgan fingerprint density at radius 1 is 1.32 bits per heavy atom. The average molecular weight is 275 g/mol. The summed E-state index contributed by atoms with van der Waals surface area (Å²) in [5.74, 6) is -0.0642. The summed E-state index contributed by atoms with van der Waals surface area (Å²) < 4.78 is 0. The van der Waals surface area contributed by atoms with E-state index in [0.717, 1.165) is 0 Å². The number of nitrogens with one attached hydrogen (secondary N) is 1. The molecule has 0 aliphatic heterocycles. The first-order chi connectivity index (χ1) is 9.04.